The van der Waals surface area contributed by atoms with E-state index in [-0.39, 0.29) is 5.15 Å². The highest BCUT2D eigenvalue weighted by atomic mass is 35.5. The first-order valence-electron chi connectivity index (χ1n) is 6.37. The van der Waals surface area contributed by atoms with Crippen molar-refractivity contribution < 1.29 is 4.74 Å². The molecule has 1 heterocycles. The summed E-state index contributed by atoms with van der Waals surface area (Å²) in [5, 5.41) is 10.2. The van der Waals surface area contributed by atoms with Crippen LogP contribution in [0.15, 0.2) is 48.5 Å². The second-order valence-electron chi connectivity index (χ2n) is 4.52. The van der Waals surface area contributed by atoms with E-state index in [1.807, 2.05) is 42.5 Å². The van der Waals surface area contributed by atoms with Gasteiger partial charge in [0.25, 0.3) is 0 Å². The number of nitrogens with zero attached hydrogens (tertiary/aromatic N) is 2. The zero-order valence-electron chi connectivity index (χ0n) is 11.3. The number of hydrogen-bond donors (Lipinski definition) is 0. The number of ether oxygens (including phenoxy) is 1. The number of fused-ring (bicyclic) bond motifs is 1. The van der Waals surface area contributed by atoms with Gasteiger partial charge in [-0.3, -0.25) is 0 Å². The zero-order valence-corrected chi connectivity index (χ0v) is 12.1. The van der Waals surface area contributed by atoms with E-state index in [0.717, 1.165) is 16.5 Å². The largest absolute Gasteiger partial charge is 0.494 e. The van der Waals surface area contributed by atoms with Crippen LogP contribution in [0.25, 0.3) is 22.0 Å². The van der Waals surface area contributed by atoms with Gasteiger partial charge in [-0.25, -0.2) is 4.98 Å². The van der Waals surface area contributed by atoms with E-state index in [4.69, 9.17) is 21.6 Å². The minimum atomic E-state index is 0.188. The Hall–Kier alpha value is -2.57. The van der Waals surface area contributed by atoms with Crippen LogP contribution in [0, 0.1) is 11.3 Å². The second kappa shape index (κ2) is 5.43. The standard InChI is InChI=1S/C17H11ClN2O/c1-21-15-8-7-13(11-5-3-2-4-6-11)14-9-12(10-19)17(18)20-16(14)15/h2-9H,1H3. The minimum Gasteiger partial charge on any atom is -0.494 e. The average molecular weight is 295 g/mol. The Bertz CT molecular complexity index is 854. The molecule has 3 nitrogen and oxygen atoms in total. The Labute approximate surface area is 127 Å². The highest BCUT2D eigenvalue weighted by molar-refractivity contribution is 6.31. The van der Waals surface area contributed by atoms with Gasteiger partial charge in [-0.05, 0) is 29.3 Å². The molecule has 0 amide bonds. The van der Waals surface area contributed by atoms with Crippen LogP contribution in [-0.2, 0) is 0 Å². The third kappa shape index (κ3) is 2.31. The maximum absolute atomic E-state index is 9.16. The van der Waals surface area contributed by atoms with Crippen molar-refractivity contribution >= 4 is 22.5 Å². The first-order chi connectivity index (χ1) is 10.2. The van der Waals surface area contributed by atoms with Crippen LogP contribution in [-0.4, -0.2) is 12.1 Å². The van der Waals surface area contributed by atoms with Crippen LogP contribution >= 0.6 is 11.6 Å². The quantitative estimate of drug-likeness (QED) is 0.657. The summed E-state index contributed by atoms with van der Waals surface area (Å²) in [4.78, 5) is 4.32. The number of aromatic nitrogens is 1. The Kier molecular flexibility index (Phi) is 3.47. The number of hydrogen-bond acceptors (Lipinski definition) is 3. The van der Waals surface area contributed by atoms with Crippen LogP contribution < -0.4 is 4.74 Å². The predicted molar refractivity (Wildman–Crippen MR) is 83.5 cm³/mol. The normalized spacial score (nSPS) is 10.3. The molecule has 0 N–H and O–H groups in total. The number of nitriles is 1. The van der Waals surface area contributed by atoms with Crippen molar-refractivity contribution in [3.63, 3.8) is 0 Å². The molecular weight excluding hydrogens is 284 g/mol. The van der Waals surface area contributed by atoms with E-state index in [1.165, 1.54) is 0 Å². The summed E-state index contributed by atoms with van der Waals surface area (Å²) in [5.74, 6) is 0.635. The molecule has 3 rings (SSSR count). The van der Waals surface area contributed by atoms with Crippen molar-refractivity contribution in [3.8, 4) is 22.9 Å². The molecule has 0 saturated heterocycles. The van der Waals surface area contributed by atoms with E-state index < -0.39 is 0 Å². The smallest absolute Gasteiger partial charge is 0.147 e. The molecule has 4 heteroatoms. The summed E-state index contributed by atoms with van der Waals surface area (Å²) in [7, 11) is 1.59. The van der Waals surface area contributed by atoms with Gasteiger partial charge in [0.05, 0.1) is 12.7 Å². The maximum atomic E-state index is 9.16. The van der Waals surface area contributed by atoms with Gasteiger partial charge in [-0.1, -0.05) is 41.9 Å². The van der Waals surface area contributed by atoms with Crippen molar-refractivity contribution in [2.75, 3.05) is 7.11 Å². The summed E-state index contributed by atoms with van der Waals surface area (Å²) in [6, 6.07) is 17.6. The van der Waals surface area contributed by atoms with Gasteiger partial charge >= 0.3 is 0 Å². The zero-order chi connectivity index (χ0) is 14.8. The number of pyridine rings is 1. The number of benzene rings is 2. The molecule has 0 unspecified atom stereocenters. The van der Waals surface area contributed by atoms with Gasteiger partial charge in [0.2, 0.25) is 0 Å². The fourth-order valence-corrected chi connectivity index (χ4v) is 2.51. The van der Waals surface area contributed by atoms with Gasteiger partial charge in [0, 0.05) is 5.39 Å². The summed E-state index contributed by atoms with van der Waals surface area (Å²) >= 11 is 6.04. The molecule has 1 aromatic heterocycles. The van der Waals surface area contributed by atoms with Crippen LogP contribution in [0.1, 0.15) is 5.56 Å². The third-order valence-corrected chi connectivity index (χ3v) is 3.61. The lowest BCUT2D eigenvalue weighted by Gasteiger charge is -2.11. The molecule has 0 fully saturated rings. The molecule has 102 valence electrons. The second-order valence-corrected chi connectivity index (χ2v) is 4.87. The fraction of sp³-hybridized carbons (Fsp3) is 0.0588. The molecule has 3 aromatic rings. The predicted octanol–water partition coefficient (Wildman–Crippen LogP) is 4.44. The topological polar surface area (TPSA) is 45.9 Å². The number of rotatable bonds is 2. The van der Waals surface area contributed by atoms with Crippen molar-refractivity contribution in [2.45, 2.75) is 0 Å². The first kappa shape index (κ1) is 13.4. The van der Waals surface area contributed by atoms with E-state index in [2.05, 4.69) is 11.1 Å². The van der Waals surface area contributed by atoms with E-state index >= 15 is 0 Å². The third-order valence-electron chi connectivity index (χ3n) is 3.33. The lowest BCUT2D eigenvalue weighted by molar-refractivity contribution is 0.419. The first-order valence-corrected chi connectivity index (χ1v) is 6.75. The Morgan fingerprint density at radius 2 is 1.90 bits per heavy atom. The molecule has 2 aromatic carbocycles. The van der Waals surface area contributed by atoms with Crippen molar-refractivity contribution in [2.24, 2.45) is 0 Å². The molecule has 0 saturated carbocycles. The molecule has 0 atom stereocenters. The minimum absolute atomic E-state index is 0.188. The average Bonchev–Trinajstić information content (AvgIpc) is 2.54. The summed E-state index contributed by atoms with van der Waals surface area (Å²) in [6.07, 6.45) is 0. The number of methoxy groups -OCH3 is 1. The highest BCUT2D eigenvalue weighted by Gasteiger charge is 2.13. The lowest BCUT2D eigenvalue weighted by Crippen LogP contribution is -1.93. The van der Waals surface area contributed by atoms with E-state index in [0.29, 0.717) is 16.8 Å². The van der Waals surface area contributed by atoms with Crippen LogP contribution in [0.2, 0.25) is 5.15 Å². The lowest BCUT2D eigenvalue weighted by atomic mass is 9.99. The molecule has 0 aliphatic heterocycles. The van der Waals surface area contributed by atoms with Crippen LogP contribution in [0.3, 0.4) is 0 Å². The monoisotopic (exact) mass is 294 g/mol. The van der Waals surface area contributed by atoms with Gasteiger partial charge in [-0.15, -0.1) is 0 Å². The molecular formula is C17H11ClN2O. The Morgan fingerprint density at radius 3 is 2.57 bits per heavy atom. The van der Waals surface area contributed by atoms with Gasteiger partial charge in [0.15, 0.2) is 0 Å². The molecule has 0 radical (unpaired) electrons. The Morgan fingerprint density at radius 1 is 1.14 bits per heavy atom. The fourth-order valence-electron chi connectivity index (χ4n) is 2.32. The SMILES string of the molecule is COc1ccc(-c2ccccc2)c2cc(C#N)c(Cl)nc12. The molecule has 0 aliphatic carbocycles. The highest BCUT2D eigenvalue weighted by Crippen LogP contribution is 2.35. The van der Waals surface area contributed by atoms with Gasteiger partial charge in [0.1, 0.15) is 22.5 Å². The molecule has 0 aliphatic rings. The van der Waals surface area contributed by atoms with Crippen LogP contribution in [0.5, 0.6) is 5.75 Å². The van der Waals surface area contributed by atoms with Crippen molar-refractivity contribution in [1.82, 2.24) is 4.98 Å². The summed E-state index contributed by atoms with van der Waals surface area (Å²) < 4.78 is 5.34. The molecule has 0 bridgehead atoms. The summed E-state index contributed by atoms with van der Waals surface area (Å²) in [6.45, 7) is 0. The van der Waals surface area contributed by atoms with E-state index in [9.17, 15) is 0 Å². The van der Waals surface area contributed by atoms with Gasteiger partial charge in [-0.2, -0.15) is 5.26 Å². The van der Waals surface area contributed by atoms with E-state index in [1.54, 1.807) is 13.2 Å². The van der Waals surface area contributed by atoms with Crippen molar-refractivity contribution in [1.29, 1.82) is 5.26 Å². The van der Waals surface area contributed by atoms with Gasteiger partial charge < -0.3 is 4.74 Å². The Balaban J connectivity index is 2.39. The van der Waals surface area contributed by atoms with Crippen LogP contribution in [0.4, 0.5) is 0 Å². The molecule has 0 spiro atoms. The molecule has 21 heavy (non-hydrogen) atoms. The van der Waals surface area contributed by atoms with Crippen molar-refractivity contribution in [3.05, 3.63) is 59.2 Å². The maximum Gasteiger partial charge on any atom is 0.147 e. The number of halogens is 1. The summed E-state index contributed by atoms with van der Waals surface area (Å²) in [5.41, 5.74) is 3.06.